The summed E-state index contributed by atoms with van der Waals surface area (Å²) in [5.74, 6) is 0. The number of nitrogens with zero attached hydrogens (tertiary/aromatic N) is 1. The highest BCUT2D eigenvalue weighted by molar-refractivity contribution is 6.99. The molecule has 2 aromatic rings. The van der Waals surface area contributed by atoms with Gasteiger partial charge in [0.2, 0.25) is 6.36 Å². The maximum Gasteiger partial charge on any atom is 0.278 e. The molecule has 1 saturated heterocycles. The van der Waals surface area contributed by atoms with E-state index in [9.17, 15) is 19.6 Å². The van der Waals surface area contributed by atoms with Gasteiger partial charge >= 0.3 is 0 Å². The van der Waals surface area contributed by atoms with Gasteiger partial charge in [0.15, 0.2) is 12.2 Å². The van der Waals surface area contributed by atoms with Crippen LogP contribution in [-0.2, 0) is 13.9 Å². The van der Waals surface area contributed by atoms with Crippen LogP contribution >= 0.6 is 0 Å². The molecule has 5 atom stereocenters. The van der Waals surface area contributed by atoms with Crippen LogP contribution in [-0.4, -0.2) is 62.3 Å². The lowest BCUT2D eigenvalue weighted by molar-refractivity contribution is -0.584. The Hall–Kier alpha value is -2.17. The fourth-order valence-electron chi connectivity index (χ4n) is 4.71. The van der Waals surface area contributed by atoms with E-state index in [2.05, 4.69) is 25.5 Å². The van der Waals surface area contributed by atoms with E-state index in [-0.39, 0.29) is 11.6 Å². The number of alkyl halides is 1. The molecule has 9 heteroatoms. The summed E-state index contributed by atoms with van der Waals surface area (Å²) < 4.78 is 31.5. The summed E-state index contributed by atoms with van der Waals surface area (Å²) in [4.78, 5) is 11.1. The van der Waals surface area contributed by atoms with Gasteiger partial charge in [-0.1, -0.05) is 81.4 Å². The number of rotatable bonds is 8. The third-order valence-corrected chi connectivity index (χ3v) is 11.6. The van der Waals surface area contributed by atoms with E-state index < -0.39 is 43.4 Å². The average molecular weight is 478 g/mol. The van der Waals surface area contributed by atoms with Crippen molar-refractivity contribution >= 4 is 18.7 Å². The van der Waals surface area contributed by atoms with Gasteiger partial charge in [0.25, 0.3) is 13.9 Å². The van der Waals surface area contributed by atoms with E-state index in [1.54, 1.807) is 0 Å². The van der Waals surface area contributed by atoms with Crippen LogP contribution in [0.5, 0.6) is 0 Å². The Morgan fingerprint density at radius 1 is 1.15 bits per heavy atom. The monoisotopic (exact) mass is 477 g/mol. The van der Waals surface area contributed by atoms with Crippen LogP contribution in [0.15, 0.2) is 60.7 Å². The fraction of sp³-hybridized carbons (Fsp3) is 0.500. The molecule has 0 aromatic heterocycles. The fourth-order valence-corrected chi connectivity index (χ4v) is 9.28. The zero-order chi connectivity index (χ0) is 24.4. The molecule has 1 heterocycles. The number of benzene rings is 2. The van der Waals surface area contributed by atoms with Crippen molar-refractivity contribution in [2.24, 2.45) is 0 Å². The number of aliphatic hydroxyl groups is 1. The summed E-state index contributed by atoms with van der Waals surface area (Å²) in [6.45, 7) is 7.33. The van der Waals surface area contributed by atoms with Crippen LogP contribution in [0.25, 0.3) is 0 Å². The lowest BCUT2D eigenvalue weighted by Gasteiger charge is -2.43. The molecule has 33 heavy (non-hydrogen) atoms. The number of hydrogen-bond donors (Lipinski definition) is 1. The number of nitro groups is 1. The number of aliphatic hydroxyl groups excluding tert-OH is 1. The Labute approximate surface area is 194 Å². The van der Waals surface area contributed by atoms with Crippen molar-refractivity contribution in [3.8, 4) is 0 Å². The smallest absolute Gasteiger partial charge is 0.278 e. The second-order valence-corrected chi connectivity index (χ2v) is 13.9. The van der Waals surface area contributed by atoms with E-state index in [1.165, 1.54) is 6.92 Å². The average Bonchev–Trinajstić information content (AvgIpc) is 3.06. The number of halogens is 1. The predicted octanol–water partition coefficient (Wildman–Crippen LogP) is 2.67. The number of ether oxygens (including phenoxy) is 2. The molecule has 1 aliphatic rings. The van der Waals surface area contributed by atoms with Gasteiger partial charge in [-0.3, -0.25) is 10.1 Å². The second-order valence-electron chi connectivity index (χ2n) is 9.58. The summed E-state index contributed by atoms with van der Waals surface area (Å²) in [6, 6.07) is 19.7. The maximum absolute atomic E-state index is 14.4. The maximum atomic E-state index is 14.4. The lowest BCUT2D eigenvalue weighted by Crippen LogP contribution is -2.67. The highest BCUT2D eigenvalue weighted by Crippen LogP contribution is 2.40. The molecule has 180 valence electrons. The second kappa shape index (κ2) is 9.59. The largest absolute Gasteiger partial charge is 0.405 e. The van der Waals surface area contributed by atoms with Gasteiger partial charge in [0.05, 0.1) is 6.61 Å². The van der Waals surface area contributed by atoms with Crippen molar-refractivity contribution in [3.63, 3.8) is 0 Å². The van der Waals surface area contributed by atoms with Gasteiger partial charge in [-0.2, -0.15) is 0 Å². The van der Waals surface area contributed by atoms with Crippen molar-refractivity contribution in [2.45, 2.75) is 62.9 Å². The van der Waals surface area contributed by atoms with Crippen LogP contribution in [0.1, 0.15) is 27.7 Å². The van der Waals surface area contributed by atoms with Gasteiger partial charge in [0, 0.05) is 19.0 Å². The minimum absolute atomic E-state index is 0.134. The molecular weight excluding hydrogens is 445 g/mol. The van der Waals surface area contributed by atoms with E-state index in [1.807, 2.05) is 60.7 Å². The van der Waals surface area contributed by atoms with Gasteiger partial charge in [0.1, 0.15) is 6.10 Å². The lowest BCUT2D eigenvalue weighted by atomic mass is 9.89. The molecule has 0 aliphatic carbocycles. The van der Waals surface area contributed by atoms with Crippen LogP contribution < -0.4 is 10.4 Å². The molecule has 1 aliphatic heterocycles. The molecule has 0 radical (unpaired) electrons. The molecule has 1 fully saturated rings. The number of methoxy groups -OCH3 is 1. The molecule has 3 rings (SSSR count). The molecule has 0 bridgehead atoms. The van der Waals surface area contributed by atoms with Crippen molar-refractivity contribution in [1.29, 1.82) is 0 Å². The summed E-state index contributed by atoms with van der Waals surface area (Å²) >= 11 is 0. The summed E-state index contributed by atoms with van der Waals surface area (Å²) in [5.41, 5.74) is -2.07. The third kappa shape index (κ3) is 4.35. The van der Waals surface area contributed by atoms with E-state index >= 15 is 0 Å². The first-order valence-electron chi connectivity index (χ1n) is 10.9. The van der Waals surface area contributed by atoms with Crippen LogP contribution in [0.4, 0.5) is 4.39 Å². The van der Waals surface area contributed by atoms with Gasteiger partial charge in [-0.15, -0.1) is 0 Å². The molecule has 0 spiro atoms. The zero-order valence-electron chi connectivity index (χ0n) is 19.6. The first-order chi connectivity index (χ1) is 15.5. The molecule has 1 unspecified atom stereocenters. The van der Waals surface area contributed by atoms with Gasteiger partial charge in [-0.05, 0) is 15.4 Å². The summed E-state index contributed by atoms with van der Waals surface area (Å²) in [5, 5.41) is 24.4. The van der Waals surface area contributed by atoms with E-state index in [0.717, 1.165) is 17.5 Å². The Balaban J connectivity index is 2.03. The molecule has 0 amide bonds. The predicted molar refractivity (Wildman–Crippen MR) is 126 cm³/mol. The minimum Gasteiger partial charge on any atom is -0.405 e. The summed E-state index contributed by atoms with van der Waals surface area (Å²) in [7, 11) is -1.86. The zero-order valence-corrected chi connectivity index (χ0v) is 20.6. The Morgan fingerprint density at radius 2 is 1.64 bits per heavy atom. The Morgan fingerprint density at radius 3 is 2.03 bits per heavy atom. The third-order valence-electron chi connectivity index (χ3n) is 6.59. The highest BCUT2D eigenvalue weighted by atomic mass is 28.4. The molecule has 7 nitrogen and oxygen atoms in total. The minimum atomic E-state index is -2.96. The van der Waals surface area contributed by atoms with Gasteiger partial charge < -0.3 is 19.0 Å². The first kappa shape index (κ1) is 25.4. The summed E-state index contributed by atoms with van der Waals surface area (Å²) in [6.07, 6.45) is -6.31. The Kier molecular flexibility index (Phi) is 7.40. The van der Waals surface area contributed by atoms with Crippen molar-refractivity contribution in [3.05, 3.63) is 70.8 Å². The molecule has 1 N–H and O–H groups in total. The molecule has 2 aromatic carbocycles. The van der Waals surface area contributed by atoms with E-state index in [4.69, 9.17) is 9.16 Å². The van der Waals surface area contributed by atoms with Crippen LogP contribution in [0.3, 0.4) is 0 Å². The highest BCUT2D eigenvalue weighted by Gasteiger charge is 2.66. The van der Waals surface area contributed by atoms with Crippen LogP contribution in [0.2, 0.25) is 5.04 Å². The normalized spacial score (nSPS) is 26.8. The van der Waals surface area contributed by atoms with Crippen LogP contribution in [0, 0.1) is 10.1 Å². The SMILES string of the molecule is COC(F)[C@@H]1O[C@@H](CO[Si](c2ccccc2)(c2ccccc2)C(C)(C)C)[C@H](O)[C@@]1(C)[N+](=O)[O-]. The van der Waals surface area contributed by atoms with Crippen molar-refractivity contribution in [1.82, 2.24) is 0 Å². The number of hydrogen-bond acceptors (Lipinski definition) is 6. The van der Waals surface area contributed by atoms with Crippen molar-refractivity contribution < 1.29 is 28.3 Å². The Bertz CT molecular complexity index is 901. The standard InChI is InChI=1S/C24H32FNO6Si/c1-23(2,3)33(17-12-8-6-9-13-17,18-14-10-7-11-15-18)31-16-19-20(27)24(4,26(28)29)21(32-19)22(25)30-5/h6-15,19-22,27H,16H2,1-5H3/t19-,20-,21-,22?,24+/m0/s1. The van der Waals surface area contributed by atoms with Crippen molar-refractivity contribution in [2.75, 3.05) is 13.7 Å². The molecular formula is C24H32FNO6Si. The first-order valence-corrected chi connectivity index (χ1v) is 12.8. The topological polar surface area (TPSA) is 91.1 Å². The van der Waals surface area contributed by atoms with Gasteiger partial charge in [-0.25, -0.2) is 4.39 Å². The van der Waals surface area contributed by atoms with E-state index in [0.29, 0.717) is 0 Å². The molecule has 0 saturated carbocycles. The quantitative estimate of drug-likeness (QED) is 0.357.